The average molecular weight is 519 g/mol. The van der Waals surface area contributed by atoms with Crippen molar-refractivity contribution in [3.8, 4) is 34.0 Å². The van der Waals surface area contributed by atoms with Crippen LogP contribution in [0.5, 0.6) is 5.88 Å². The van der Waals surface area contributed by atoms with Gasteiger partial charge in [0.1, 0.15) is 11.4 Å². The molecule has 4 aromatic heterocycles. The van der Waals surface area contributed by atoms with Crippen molar-refractivity contribution >= 4 is 28.8 Å². The van der Waals surface area contributed by atoms with Crippen molar-refractivity contribution in [2.24, 2.45) is 0 Å². The fourth-order valence-electron chi connectivity index (χ4n) is 3.71. The van der Waals surface area contributed by atoms with E-state index >= 15 is 0 Å². The third-order valence-corrected chi connectivity index (χ3v) is 6.68. The number of methoxy groups -OCH3 is 1. The normalized spacial score (nSPS) is 10.8. The van der Waals surface area contributed by atoms with E-state index < -0.39 is 0 Å². The molecule has 5 aromatic rings. The van der Waals surface area contributed by atoms with E-state index in [-0.39, 0.29) is 18.0 Å². The first-order chi connectivity index (χ1) is 17.5. The highest BCUT2D eigenvalue weighted by atomic mass is 35.5. The summed E-state index contributed by atoms with van der Waals surface area (Å²) in [6, 6.07) is 17.6. The number of ether oxygens (including phenoxy) is 1. The first-order valence-electron chi connectivity index (χ1n) is 10.8. The molecule has 36 heavy (non-hydrogen) atoms. The van der Waals surface area contributed by atoms with E-state index in [4.69, 9.17) is 16.3 Å². The molecule has 0 saturated heterocycles. The Labute approximate surface area is 214 Å². The van der Waals surface area contributed by atoms with Crippen molar-refractivity contribution in [3.05, 3.63) is 98.3 Å². The van der Waals surface area contributed by atoms with Crippen LogP contribution in [0.2, 0.25) is 4.34 Å². The van der Waals surface area contributed by atoms with E-state index in [1.807, 2.05) is 24.3 Å². The van der Waals surface area contributed by atoms with Crippen LogP contribution in [0.3, 0.4) is 0 Å². The SMILES string of the molecule is COc1ccc(-c2cc(-n3ccccc3=O)ccc2-c2n[nH]nc2CNC(=O)c2ccc(Cl)s2)cn1. The Morgan fingerprint density at radius 2 is 2.00 bits per heavy atom. The number of thiophene rings is 1. The van der Waals surface area contributed by atoms with E-state index in [1.165, 1.54) is 17.4 Å². The molecular formula is C25H19ClN6O3S. The molecule has 1 amide bonds. The van der Waals surface area contributed by atoms with Gasteiger partial charge in [-0.25, -0.2) is 4.98 Å². The Bertz CT molecular complexity index is 1590. The van der Waals surface area contributed by atoms with Gasteiger partial charge in [-0.1, -0.05) is 17.7 Å². The number of halogens is 1. The minimum Gasteiger partial charge on any atom is -0.481 e. The number of carbonyl (C=O) groups excluding carboxylic acids is 1. The van der Waals surface area contributed by atoms with Crippen LogP contribution in [-0.4, -0.2) is 38.0 Å². The zero-order valence-corrected chi connectivity index (χ0v) is 20.5. The summed E-state index contributed by atoms with van der Waals surface area (Å²) in [5.41, 5.74) is 3.99. The smallest absolute Gasteiger partial charge is 0.261 e. The Balaban J connectivity index is 1.54. The fourth-order valence-corrected chi connectivity index (χ4v) is 4.67. The van der Waals surface area contributed by atoms with E-state index in [0.29, 0.717) is 32.2 Å². The molecule has 0 spiro atoms. The topological polar surface area (TPSA) is 115 Å². The zero-order chi connectivity index (χ0) is 25.1. The van der Waals surface area contributed by atoms with Gasteiger partial charge in [0.15, 0.2) is 0 Å². The van der Waals surface area contributed by atoms with Gasteiger partial charge in [0.05, 0.1) is 22.9 Å². The molecule has 0 radical (unpaired) electrons. The van der Waals surface area contributed by atoms with E-state index in [2.05, 4.69) is 25.7 Å². The number of carbonyl (C=O) groups is 1. The van der Waals surface area contributed by atoms with E-state index in [9.17, 15) is 9.59 Å². The molecule has 0 bridgehead atoms. The monoisotopic (exact) mass is 518 g/mol. The van der Waals surface area contributed by atoms with E-state index in [0.717, 1.165) is 16.7 Å². The van der Waals surface area contributed by atoms with Gasteiger partial charge in [-0.3, -0.25) is 14.2 Å². The maximum absolute atomic E-state index is 12.5. The molecular weight excluding hydrogens is 500 g/mol. The number of aromatic amines is 1. The van der Waals surface area contributed by atoms with E-state index in [1.54, 1.807) is 54.4 Å². The summed E-state index contributed by atoms with van der Waals surface area (Å²) in [6.45, 7) is 0.153. The molecule has 5 rings (SSSR count). The standard InChI is InChI=1S/C25H19ClN6O3S/c1-35-22-10-5-15(13-27-22)18-12-16(32-11-3-2-4-23(32)33)6-7-17(18)24-19(29-31-30-24)14-28-25(34)20-8-9-21(26)36-20/h2-13H,14H2,1H3,(H,28,34)(H,29,30,31). The summed E-state index contributed by atoms with van der Waals surface area (Å²) in [4.78, 5) is 29.8. The molecule has 180 valence electrons. The largest absolute Gasteiger partial charge is 0.481 e. The van der Waals surface area contributed by atoms with Crippen LogP contribution in [0.15, 0.2) is 77.9 Å². The lowest BCUT2D eigenvalue weighted by molar-refractivity contribution is 0.0954. The number of hydrogen-bond donors (Lipinski definition) is 2. The molecule has 9 nitrogen and oxygen atoms in total. The number of rotatable bonds is 7. The van der Waals surface area contributed by atoms with Crippen LogP contribution < -0.4 is 15.6 Å². The van der Waals surface area contributed by atoms with Gasteiger partial charge in [-0.15, -0.1) is 11.3 Å². The lowest BCUT2D eigenvalue weighted by atomic mass is 9.97. The number of H-pyrrole nitrogens is 1. The number of nitrogens with zero attached hydrogens (tertiary/aromatic N) is 4. The number of hydrogen-bond acceptors (Lipinski definition) is 7. The summed E-state index contributed by atoms with van der Waals surface area (Å²) in [5, 5.41) is 14.1. The summed E-state index contributed by atoms with van der Waals surface area (Å²) < 4.78 is 7.29. The summed E-state index contributed by atoms with van der Waals surface area (Å²) in [5.74, 6) is 0.230. The van der Waals surface area contributed by atoms with Gasteiger partial charge in [0, 0.05) is 41.3 Å². The summed E-state index contributed by atoms with van der Waals surface area (Å²) in [7, 11) is 1.55. The second-order valence-electron chi connectivity index (χ2n) is 7.63. The molecule has 0 aliphatic carbocycles. The third-order valence-electron chi connectivity index (χ3n) is 5.45. The molecule has 1 aromatic carbocycles. The Hall–Kier alpha value is -4.28. The predicted octanol–water partition coefficient (Wildman–Crippen LogP) is 4.34. The molecule has 0 fully saturated rings. The quantitative estimate of drug-likeness (QED) is 0.331. The second kappa shape index (κ2) is 10.1. The average Bonchev–Trinajstić information content (AvgIpc) is 3.56. The minimum absolute atomic E-state index is 0.150. The fraction of sp³-hybridized carbons (Fsp3) is 0.0800. The van der Waals surface area contributed by atoms with Crippen LogP contribution >= 0.6 is 22.9 Å². The number of pyridine rings is 2. The predicted molar refractivity (Wildman–Crippen MR) is 138 cm³/mol. The van der Waals surface area contributed by atoms with Crippen LogP contribution in [-0.2, 0) is 6.54 Å². The van der Waals surface area contributed by atoms with Crippen molar-refractivity contribution in [2.75, 3.05) is 7.11 Å². The van der Waals surface area contributed by atoms with Crippen LogP contribution in [0.25, 0.3) is 28.1 Å². The first-order valence-corrected chi connectivity index (χ1v) is 12.0. The lowest BCUT2D eigenvalue weighted by Crippen LogP contribution is -2.22. The first kappa shape index (κ1) is 23.5. The maximum atomic E-state index is 12.5. The van der Waals surface area contributed by atoms with Gasteiger partial charge >= 0.3 is 0 Å². The van der Waals surface area contributed by atoms with Gasteiger partial charge < -0.3 is 10.1 Å². The van der Waals surface area contributed by atoms with Crippen LogP contribution in [0.4, 0.5) is 0 Å². The molecule has 4 heterocycles. The van der Waals surface area contributed by atoms with Crippen molar-refractivity contribution in [2.45, 2.75) is 6.54 Å². The lowest BCUT2D eigenvalue weighted by Gasteiger charge is -2.13. The van der Waals surface area contributed by atoms with Crippen molar-refractivity contribution in [1.82, 2.24) is 30.3 Å². The van der Waals surface area contributed by atoms with Gasteiger partial charge in [-0.05, 0) is 48.0 Å². The van der Waals surface area contributed by atoms with Crippen molar-refractivity contribution < 1.29 is 9.53 Å². The molecule has 0 unspecified atom stereocenters. The molecule has 0 atom stereocenters. The molecule has 0 aliphatic rings. The number of benzene rings is 1. The van der Waals surface area contributed by atoms with Crippen molar-refractivity contribution in [1.29, 1.82) is 0 Å². The Morgan fingerprint density at radius 1 is 1.11 bits per heavy atom. The number of nitrogens with one attached hydrogen (secondary N) is 2. The van der Waals surface area contributed by atoms with Crippen LogP contribution in [0, 0.1) is 0 Å². The van der Waals surface area contributed by atoms with Crippen LogP contribution in [0.1, 0.15) is 15.4 Å². The zero-order valence-electron chi connectivity index (χ0n) is 18.9. The molecule has 0 aliphatic heterocycles. The van der Waals surface area contributed by atoms with Gasteiger partial charge in [0.25, 0.3) is 11.5 Å². The molecule has 0 saturated carbocycles. The van der Waals surface area contributed by atoms with Crippen molar-refractivity contribution in [3.63, 3.8) is 0 Å². The Kier molecular flexibility index (Phi) is 6.61. The molecule has 11 heteroatoms. The Morgan fingerprint density at radius 3 is 2.72 bits per heavy atom. The highest BCUT2D eigenvalue weighted by molar-refractivity contribution is 7.18. The summed E-state index contributed by atoms with van der Waals surface area (Å²) in [6.07, 6.45) is 3.40. The molecule has 2 N–H and O–H groups in total. The minimum atomic E-state index is -0.251. The highest BCUT2D eigenvalue weighted by Crippen LogP contribution is 2.34. The second-order valence-corrected chi connectivity index (χ2v) is 9.35. The number of amides is 1. The number of aromatic nitrogens is 5. The third kappa shape index (κ3) is 4.77. The van der Waals surface area contributed by atoms with Gasteiger partial charge in [0.2, 0.25) is 5.88 Å². The highest BCUT2D eigenvalue weighted by Gasteiger charge is 2.18. The maximum Gasteiger partial charge on any atom is 0.261 e. The van der Waals surface area contributed by atoms with Gasteiger partial charge in [-0.2, -0.15) is 15.4 Å². The summed E-state index contributed by atoms with van der Waals surface area (Å²) >= 11 is 7.15.